The molecule has 0 aliphatic rings. The van der Waals surface area contributed by atoms with Gasteiger partial charge in [-0.05, 0) is 25.1 Å². The maximum Gasteiger partial charge on any atom is 0.343 e. The van der Waals surface area contributed by atoms with Crippen LogP contribution in [0.1, 0.15) is 15.9 Å². The summed E-state index contributed by atoms with van der Waals surface area (Å²) in [4.78, 5) is 22.3. The highest BCUT2D eigenvalue weighted by molar-refractivity contribution is 6.32. The number of hydrogen-bond donors (Lipinski definition) is 0. The lowest BCUT2D eigenvalue weighted by Crippen LogP contribution is -2.09. The molecular formula is C14H10ClNO4. The first kappa shape index (κ1) is 14.0. The molecule has 0 N–H and O–H groups in total. The van der Waals surface area contributed by atoms with Gasteiger partial charge in [-0.2, -0.15) is 0 Å². The molecule has 5 nitrogen and oxygen atoms in total. The lowest BCUT2D eigenvalue weighted by Gasteiger charge is -2.06. The van der Waals surface area contributed by atoms with E-state index in [1.807, 2.05) is 0 Å². The van der Waals surface area contributed by atoms with Crippen LogP contribution < -0.4 is 4.74 Å². The van der Waals surface area contributed by atoms with Gasteiger partial charge < -0.3 is 4.74 Å². The average molecular weight is 292 g/mol. The van der Waals surface area contributed by atoms with E-state index in [-0.39, 0.29) is 17.0 Å². The van der Waals surface area contributed by atoms with Crippen LogP contribution in [0.5, 0.6) is 5.75 Å². The minimum Gasteiger partial charge on any atom is -0.421 e. The number of aryl methyl sites for hydroxylation is 1. The quantitative estimate of drug-likeness (QED) is 0.373. The number of benzene rings is 2. The van der Waals surface area contributed by atoms with Gasteiger partial charge in [-0.25, -0.2) is 4.79 Å². The molecule has 2 rings (SSSR count). The van der Waals surface area contributed by atoms with E-state index >= 15 is 0 Å². The van der Waals surface area contributed by atoms with Gasteiger partial charge in [0, 0.05) is 11.6 Å². The molecule has 0 saturated heterocycles. The summed E-state index contributed by atoms with van der Waals surface area (Å²) < 4.78 is 5.11. The first-order chi connectivity index (χ1) is 9.49. The van der Waals surface area contributed by atoms with Crippen molar-refractivity contribution in [1.82, 2.24) is 0 Å². The van der Waals surface area contributed by atoms with Gasteiger partial charge >= 0.3 is 5.97 Å². The van der Waals surface area contributed by atoms with Crippen LogP contribution in [0.25, 0.3) is 0 Å². The molecule has 0 spiro atoms. The van der Waals surface area contributed by atoms with Crippen molar-refractivity contribution < 1.29 is 14.5 Å². The average Bonchev–Trinajstić information content (AvgIpc) is 2.41. The Morgan fingerprint density at radius 1 is 1.25 bits per heavy atom. The molecule has 0 radical (unpaired) electrons. The van der Waals surface area contributed by atoms with Crippen LogP contribution in [0.3, 0.4) is 0 Å². The third-order valence-corrected chi connectivity index (χ3v) is 2.99. The van der Waals surface area contributed by atoms with Gasteiger partial charge in [0.1, 0.15) is 5.75 Å². The summed E-state index contributed by atoms with van der Waals surface area (Å²) >= 11 is 5.88. The zero-order valence-corrected chi connectivity index (χ0v) is 11.3. The van der Waals surface area contributed by atoms with Crippen LogP contribution in [0, 0.1) is 17.0 Å². The maximum atomic E-state index is 11.9. The van der Waals surface area contributed by atoms with E-state index < -0.39 is 10.9 Å². The van der Waals surface area contributed by atoms with Crippen molar-refractivity contribution in [3.63, 3.8) is 0 Å². The molecule has 0 fully saturated rings. The summed E-state index contributed by atoms with van der Waals surface area (Å²) in [7, 11) is 0. The third kappa shape index (κ3) is 2.95. The number of halogens is 1. The molecule has 0 unspecified atom stereocenters. The molecule has 2 aromatic rings. The molecule has 0 aromatic heterocycles. The third-order valence-electron chi connectivity index (χ3n) is 2.68. The van der Waals surface area contributed by atoms with Crippen molar-refractivity contribution >= 4 is 23.3 Å². The van der Waals surface area contributed by atoms with E-state index in [2.05, 4.69) is 0 Å². The number of carbonyl (C=O) groups is 1. The van der Waals surface area contributed by atoms with Gasteiger partial charge in [-0.3, -0.25) is 10.1 Å². The highest BCUT2D eigenvalue weighted by atomic mass is 35.5. The largest absolute Gasteiger partial charge is 0.421 e. The number of carbonyl (C=O) groups excluding carboxylic acids is 1. The van der Waals surface area contributed by atoms with Gasteiger partial charge in [0.05, 0.1) is 15.5 Å². The van der Waals surface area contributed by atoms with Gasteiger partial charge in [0.25, 0.3) is 5.69 Å². The summed E-state index contributed by atoms with van der Waals surface area (Å²) in [5, 5.41) is 11.1. The zero-order chi connectivity index (χ0) is 14.7. The number of ether oxygens (including phenoxy) is 1. The van der Waals surface area contributed by atoms with E-state index in [0.717, 1.165) is 0 Å². The van der Waals surface area contributed by atoms with E-state index in [9.17, 15) is 14.9 Å². The predicted octanol–water partition coefficient (Wildman–Crippen LogP) is 3.78. The lowest BCUT2D eigenvalue weighted by molar-refractivity contribution is -0.385. The number of rotatable bonds is 3. The van der Waals surface area contributed by atoms with Gasteiger partial charge in [0.2, 0.25) is 0 Å². The summed E-state index contributed by atoms with van der Waals surface area (Å²) in [6, 6.07) is 10.7. The van der Waals surface area contributed by atoms with E-state index in [0.29, 0.717) is 10.6 Å². The topological polar surface area (TPSA) is 69.4 Å². The van der Waals surface area contributed by atoms with Gasteiger partial charge in [-0.1, -0.05) is 29.8 Å². The Morgan fingerprint density at radius 2 is 1.95 bits per heavy atom. The SMILES string of the molecule is Cc1ccc(C(=O)Oc2ccccc2Cl)cc1[N+](=O)[O-]. The Balaban J connectivity index is 2.28. The zero-order valence-electron chi connectivity index (χ0n) is 10.5. The number of para-hydroxylation sites is 1. The van der Waals surface area contributed by atoms with Crippen LogP contribution in [0.2, 0.25) is 5.02 Å². The molecular weight excluding hydrogens is 282 g/mol. The summed E-state index contributed by atoms with van der Waals surface area (Å²) in [5.41, 5.74) is 0.449. The summed E-state index contributed by atoms with van der Waals surface area (Å²) in [6.45, 7) is 1.60. The fourth-order valence-corrected chi connectivity index (χ4v) is 1.79. The Labute approximate surface area is 119 Å². The smallest absolute Gasteiger partial charge is 0.343 e. The monoisotopic (exact) mass is 291 g/mol. The van der Waals surface area contributed by atoms with Crippen LogP contribution in [0.15, 0.2) is 42.5 Å². The number of esters is 1. The Bertz CT molecular complexity index is 685. The normalized spacial score (nSPS) is 10.1. The Hall–Kier alpha value is -2.40. The van der Waals surface area contributed by atoms with Crippen molar-refractivity contribution in [3.8, 4) is 5.75 Å². The second kappa shape index (κ2) is 5.71. The van der Waals surface area contributed by atoms with Crippen molar-refractivity contribution in [2.24, 2.45) is 0 Å². The van der Waals surface area contributed by atoms with Gasteiger partial charge in [-0.15, -0.1) is 0 Å². The molecule has 0 bridgehead atoms. The molecule has 6 heteroatoms. The molecule has 0 saturated carbocycles. The first-order valence-electron chi connectivity index (χ1n) is 5.71. The lowest BCUT2D eigenvalue weighted by atomic mass is 10.1. The Morgan fingerprint density at radius 3 is 2.60 bits per heavy atom. The molecule has 0 aliphatic carbocycles. The predicted molar refractivity (Wildman–Crippen MR) is 74.2 cm³/mol. The fraction of sp³-hybridized carbons (Fsp3) is 0.0714. The Kier molecular flexibility index (Phi) is 4.00. The number of nitro benzene ring substituents is 1. The van der Waals surface area contributed by atoms with Crippen molar-refractivity contribution in [1.29, 1.82) is 0 Å². The standard InChI is InChI=1S/C14H10ClNO4/c1-9-6-7-10(8-12(9)16(18)19)14(17)20-13-5-3-2-4-11(13)15/h2-8H,1H3. The van der Waals surface area contributed by atoms with Crippen molar-refractivity contribution in [2.75, 3.05) is 0 Å². The number of nitrogens with zero attached hydrogens (tertiary/aromatic N) is 1. The number of hydrogen-bond acceptors (Lipinski definition) is 4. The minimum atomic E-state index is -0.693. The second-order valence-electron chi connectivity index (χ2n) is 4.08. The van der Waals surface area contributed by atoms with Crippen molar-refractivity contribution in [3.05, 3.63) is 68.7 Å². The molecule has 102 valence electrons. The fourth-order valence-electron chi connectivity index (χ4n) is 1.62. The molecule has 0 atom stereocenters. The molecule has 0 heterocycles. The summed E-state index contributed by atoms with van der Waals surface area (Å²) in [5.74, 6) is -0.483. The molecule has 20 heavy (non-hydrogen) atoms. The van der Waals surface area contributed by atoms with Crippen molar-refractivity contribution in [2.45, 2.75) is 6.92 Å². The minimum absolute atomic E-state index is 0.0993. The maximum absolute atomic E-state index is 11.9. The van der Waals surface area contributed by atoms with Crippen LogP contribution in [0.4, 0.5) is 5.69 Å². The van der Waals surface area contributed by atoms with E-state index in [1.54, 1.807) is 31.2 Å². The van der Waals surface area contributed by atoms with Crippen LogP contribution >= 0.6 is 11.6 Å². The summed E-state index contributed by atoms with van der Waals surface area (Å²) in [6.07, 6.45) is 0. The number of nitro groups is 1. The van der Waals surface area contributed by atoms with Crippen LogP contribution in [-0.2, 0) is 0 Å². The highest BCUT2D eigenvalue weighted by Crippen LogP contribution is 2.25. The first-order valence-corrected chi connectivity index (χ1v) is 6.08. The second-order valence-corrected chi connectivity index (χ2v) is 4.49. The van der Waals surface area contributed by atoms with E-state index in [1.165, 1.54) is 18.2 Å². The van der Waals surface area contributed by atoms with Gasteiger partial charge in [0.15, 0.2) is 0 Å². The molecule has 2 aromatic carbocycles. The molecule has 0 aliphatic heterocycles. The van der Waals surface area contributed by atoms with E-state index in [4.69, 9.17) is 16.3 Å². The molecule has 0 amide bonds. The van der Waals surface area contributed by atoms with Crippen LogP contribution in [-0.4, -0.2) is 10.9 Å². The highest BCUT2D eigenvalue weighted by Gasteiger charge is 2.17.